The number of benzene rings is 1. The van der Waals surface area contributed by atoms with E-state index in [9.17, 15) is 0 Å². The highest BCUT2D eigenvalue weighted by Gasteiger charge is 2.04. The lowest BCUT2D eigenvalue weighted by Gasteiger charge is -2.10. The number of ether oxygens (including phenoxy) is 2. The van der Waals surface area contributed by atoms with Crippen LogP contribution in [0.2, 0.25) is 0 Å². The number of rotatable bonds is 6. The maximum Gasteiger partial charge on any atom is 0.161 e. The highest BCUT2D eigenvalue weighted by Crippen LogP contribution is 2.27. The summed E-state index contributed by atoms with van der Waals surface area (Å²) in [5, 5.41) is 3.33. The van der Waals surface area contributed by atoms with Crippen LogP contribution >= 0.6 is 0 Å². The van der Waals surface area contributed by atoms with E-state index in [0.717, 1.165) is 35.7 Å². The molecule has 1 N–H and O–H groups in total. The van der Waals surface area contributed by atoms with Crippen molar-refractivity contribution in [2.45, 2.75) is 13.1 Å². The Kier molecular flexibility index (Phi) is 4.69. The summed E-state index contributed by atoms with van der Waals surface area (Å²) in [7, 11) is 3.27. The first-order valence-corrected chi connectivity index (χ1v) is 5.99. The fraction of sp³-hybridized carbons (Fsp3) is 0.286. The van der Waals surface area contributed by atoms with Gasteiger partial charge in [0.25, 0.3) is 0 Å². The highest BCUT2D eigenvalue weighted by atomic mass is 16.5. The van der Waals surface area contributed by atoms with Gasteiger partial charge in [0.1, 0.15) is 6.33 Å². The van der Waals surface area contributed by atoms with Crippen molar-refractivity contribution in [3.8, 4) is 11.5 Å². The number of aromatic nitrogens is 2. The molecule has 2 rings (SSSR count). The van der Waals surface area contributed by atoms with Gasteiger partial charge in [-0.3, -0.25) is 0 Å². The lowest BCUT2D eigenvalue weighted by atomic mass is 10.2. The van der Waals surface area contributed by atoms with Crippen molar-refractivity contribution in [3.63, 3.8) is 0 Å². The minimum Gasteiger partial charge on any atom is -0.493 e. The van der Waals surface area contributed by atoms with E-state index in [4.69, 9.17) is 9.47 Å². The summed E-state index contributed by atoms with van der Waals surface area (Å²) in [6, 6.07) is 5.88. The first-order valence-electron chi connectivity index (χ1n) is 5.99. The summed E-state index contributed by atoms with van der Waals surface area (Å²) in [6.07, 6.45) is 5.13. The Morgan fingerprint density at radius 3 is 2.32 bits per heavy atom. The van der Waals surface area contributed by atoms with Gasteiger partial charge < -0.3 is 14.8 Å². The molecule has 5 nitrogen and oxygen atoms in total. The van der Waals surface area contributed by atoms with Gasteiger partial charge in [-0.2, -0.15) is 0 Å². The van der Waals surface area contributed by atoms with Crippen LogP contribution in [0.4, 0.5) is 0 Å². The topological polar surface area (TPSA) is 56.3 Å². The molecule has 0 saturated heterocycles. The third kappa shape index (κ3) is 3.66. The molecule has 2 aromatic rings. The fourth-order valence-corrected chi connectivity index (χ4v) is 1.76. The molecule has 5 heteroatoms. The second-order valence-electron chi connectivity index (χ2n) is 4.04. The Morgan fingerprint density at radius 2 is 1.63 bits per heavy atom. The molecule has 0 atom stereocenters. The van der Waals surface area contributed by atoms with Gasteiger partial charge in [0.2, 0.25) is 0 Å². The van der Waals surface area contributed by atoms with Crippen LogP contribution in [0.3, 0.4) is 0 Å². The number of methoxy groups -OCH3 is 2. The summed E-state index contributed by atoms with van der Waals surface area (Å²) in [5.74, 6) is 1.48. The van der Waals surface area contributed by atoms with Crippen molar-refractivity contribution in [2.75, 3.05) is 14.2 Å². The van der Waals surface area contributed by atoms with Gasteiger partial charge in [-0.15, -0.1) is 0 Å². The molecule has 0 aliphatic carbocycles. The maximum absolute atomic E-state index is 5.27. The number of hydrogen-bond acceptors (Lipinski definition) is 5. The Bertz CT molecular complexity index is 517. The minimum absolute atomic E-state index is 0.731. The Morgan fingerprint density at radius 1 is 0.947 bits per heavy atom. The molecule has 0 aliphatic rings. The fourth-order valence-electron chi connectivity index (χ4n) is 1.76. The van der Waals surface area contributed by atoms with Crippen molar-refractivity contribution >= 4 is 0 Å². The van der Waals surface area contributed by atoms with Crippen molar-refractivity contribution in [1.29, 1.82) is 0 Å². The van der Waals surface area contributed by atoms with Crippen LogP contribution in [0.5, 0.6) is 11.5 Å². The largest absolute Gasteiger partial charge is 0.493 e. The van der Waals surface area contributed by atoms with Crippen LogP contribution in [-0.2, 0) is 13.1 Å². The zero-order valence-electron chi connectivity index (χ0n) is 11.1. The van der Waals surface area contributed by atoms with Crippen molar-refractivity contribution in [2.24, 2.45) is 0 Å². The van der Waals surface area contributed by atoms with Crippen LogP contribution in [0.1, 0.15) is 11.1 Å². The number of hydrogen-bond donors (Lipinski definition) is 1. The number of nitrogens with one attached hydrogen (secondary N) is 1. The van der Waals surface area contributed by atoms with E-state index in [1.165, 1.54) is 6.33 Å². The van der Waals surface area contributed by atoms with Crippen molar-refractivity contribution in [3.05, 3.63) is 48.0 Å². The molecule has 1 aromatic heterocycles. The average molecular weight is 259 g/mol. The van der Waals surface area contributed by atoms with Gasteiger partial charge in [-0.25, -0.2) is 9.97 Å². The van der Waals surface area contributed by atoms with Gasteiger partial charge in [0, 0.05) is 31.0 Å². The molecule has 0 aliphatic heterocycles. The Balaban J connectivity index is 1.93. The van der Waals surface area contributed by atoms with Crippen LogP contribution in [0, 0.1) is 0 Å². The normalized spacial score (nSPS) is 10.2. The van der Waals surface area contributed by atoms with Gasteiger partial charge in [-0.05, 0) is 17.7 Å². The highest BCUT2D eigenvalue weighted by molar-refractivity contribution is 5.42. The lowest BCUT2D eigenvalue weighted by molar-refractivity contribution is 0.354. The quantitative estimate of drug-likeness (QED) is 0.857. The standard InChI is InChI=1S/C14H17N3O2/c1-18-13-4-3-11(5-14(13)19-2)6-15-7-12-8-16-10-17-9-12/h3-5,8-10,15H,6-7H2,1-2H3. The van der Waals surface area contributed by atoms with Gasteiger partial charge in [0.05, 0.1) is 14.2 Å². The third-order valence-corrected chi connectivity index (χ3v) is 2.72. The maximum atomic E-state index is 5.27. The van der Waals surface area contributed by atoms with Crippen molar-refractivity contribution < 1.29 is 9.47 Å². The molecule has 0 saturated carbocycles. The predicted molar refractivity (Wildman–Crippen MR) is 72.1 cm³/mol. The summed E-state index contributed by atoms with van der Waals surface area (Å²) >= 11 is 0. The van der Waals surface area contributed by atoms with E-state index in [-0.39, 0.29) is 0 Å². The molecular formula is C14H17N3O2. The molecule has 0 radical (unpaired) electrons. The second-order valence-corrected chi connectivity index (χ2v) is 4.04. The molecule has 100 valence electrons. The van der Waals surface area contributed by atoms with E-state index in [0.29, 0.717) is 0 Å². The van der Waals surface area contributed by atoms with Crippen LogP contribution in [0.15, 0.2) is 36.9 Å². The van der Waals surface area contributed by atoms with Gasteiger partial charge in [-0.1, -0.05) is 6.07 Å². The van der Waals surface area contributed by atoms with Gasteiger partial charge >= 0.3 is 0 Å². The predicted octanol–water partition coefficient (Wildman–Crippen LogP) is 1.78. The zero-order chi connectivity index (χ0) is 13.5. The summed E-state index contributed by atoms with van der Waals surface area (Å²) in [4.78, 5) is 7.95. The first kappa shape index (κ1) is 13.3. The molecule has 1 aromatic carbocycles. The lowest BCUT2D eigenvalue weighted by Crippen LogP contribution is -2.13. The summed E-state index contributed by atoms with van der Waals surface area (Å²) < 4.78 is 10.5. The molecule has 19 heavy (non-hydrogen) atoms. The molecule has 1 heterocycles. The monoisotopic (exact) mass is 259 g/mol. The summed E-state index contributed by atoms with van der Waals surface area (Å²) in [6.45, 7) is 1.48. The van der Waals surface area contributed by atoms with E-state index in [1.54, 1.807) is 26.6 Å². The van der Waals surface area contributed by atoms with Crippen LogP contribution in [0.25, 0.3) is 0 Å². The molecule has 0 fully saturated rings. The van der Waals surface area contributed by atoms with E-state index in [2.05, 4.69) is 15.3 Å². The van der Waals surface area contributed by atoms with E-state index < -0.39 is 0 Å². The average Bonchev–Trinajstić information content (AvgIpc) is 2.48. The molecular weight excluding hydrogens is 242 g/mol. The SMILES string of the molecule is COc1ccc(CNCc2cncnc2)cc1OC. The molecule has 0 spiro atoms. The zero-order valence-corrected chi connectivity index (χ0v) is 11.1. The molecule has 0 unspecified atom stereocenters. The van der Waals surface area contributed by atoms with E-state index >= 15 is 0 Å². The number of nitrogens with zero attached hydrogens (tertiary/aromatic N) is 2. The van der Waals surface area contributed by atoms with Crippen molar-refractivity contribution in [1.82, 2.24) is 15.3 Å². The second kappa shape index (κ2) is 6.70. The minimum atomic E-state index is 0.731. The Labute approximate surface area is 112 Å². The van der Waals surface area contributed by atoms with E-state index in [1.807, 2.05) is 18.2 Å². The molecule has 0 bridgehead atoms. The third-order valence-electron chi connectivity index (χ3n) is 2.72. The van der Waals surface area contributed by atoms with Crippen LogP contribution in [-0.4, -0.2) is 24.2 Å². The smallest absolute Gasteiger partial charge is 0.161 e. The first-order chi connectivity index (χ1) is 9.33. The van der Waals surface area contributed by atoms with Gasteiger partial charge in [0.15, 0.2) is 11.5 Å². The molecule has 0 amide bonds. The summed E-state index contributed by atoms with van der Waals surface area (Å²) in [5.41, 5.74) is 2.19. The van der Waals surface area contributed by atoms with Crippen LogP contribution < -0.4 is 14.8 Å². The Hall–Kier alpha value is -2.14.